The van der Waals surface area contributed by atoms with E-state index in [1.165, 1.54) is 57.8 Å². The third-order valence-electron chi connectivity index (χ3n) is 4.53. The van der Waals surface area contributed by atoms with Crippen LogP contribution in [-0.2, 0) is 9.59 Å². The molecule has 0 atom stereocenters. The molecular weight excluding hydrogens is 376 g/mol. The van der Waals surface area contributed by atoms with E-state index < -0.39 is 5.91 Å². The summed E-state index contributed by atoms with van der Waals surface area (Å²) in [6.07, 6.45) is 14.1. The Labute approximate surface area is 174 Å². The second kappa shape index (κ2) is 16.2. The van der Waals surface area contributed by atoms with Gasteiger partial charge in [0.2, 0.25) is 5.91 Å². The lowest BCUT2D eigenvalue weighted by Gasteiger charge is -2.09. The molecule has 0 fully saturated rings. The fourth-order valence-corrected chi connectivity index (χ4v) is 2.99. The third kappa shape index (κ3) is 13.4. The lowest BCUT2D eigenvalue weighted by atomic mass is 10.1. The zero-order chi connectivity index (χ0) is 20.5. The fourth-order valence-electron chi connectivity index (χ4n) is 2.87. The predicted octanol–water partition coefficient (Wildman–Crippen LogP) is 5.57. The second-order valence-electron chi connectivity index (χ2n) is 7.12. The third-order valence-corrected chi connectivity index (χ3v) is 4.78. The highest BCUT2D eigenvalue weighted by Gasteiger charge is 2.05. The van der Waals surface area contributed by atoms with E-state index >= 15 is 0 Å². The smallest absolute Gasteiger partial charge is 0.276 e. The molecule has 1 aromatic carbocycles. The van der Waals surface area contributed by atoms with Crippen LogP contribution < -0.4 is 15.6 Å². The first-order chi connectivity index (χ1) is 13.6. The molecule has 0 unspecified atom stereocenters. The van der Waals surface area contributed by atoms with Crippen LogP contribution in [0.4, 0.5) is 0 Å². The quantitative estimate of drug-likeness (QED) is 0.293. The molecule has 0 radical (unpaired) electrons. The van der Waals surface area contributed by atoms with Gasteiger partial charge in [-0.25, -0.2) is 0 Å². The van der Waals surface area contributed by atoms with Crippen molar-refractivity contribution in [3.8, 4) is 5.75 Å². The Balaban J connectivity index is 1.92. The molecule has 2 amide bonds. The normalized spacial score (nSPS) is 10.5. The number of unbranched alkanes of at least 4 members (excludes halogenated alkanes) is 10. The van der Waals surface area contributed by atoms with E-state index in [1.54, 1.807) is 24.3 Å². The van der Waals surface area contributed by atoms with Crippen LogP contribution >= 0.6 is 11.6 Å². The lowest BCUT2D eigenvalue weighted by molar-refractivity contribution is -0.130. The molecule has 1 aromatic rings. The molecule has 1 rings (SSSR count). The molecule has 0 heterocycles. The molecule has 28 heavy (non-hydrogen) atoms. The van der Waals surface area contributed by atoms with Crippen molar-refractivity contribution in [1.82, 2.24) is 10.9 Å². The maximum absolute atomic E-state index is 11.7. The second-order valence-corrected chi connectivity index (χ2v) is 7.56. The van der Waals surface area contributed by atoms with Gasteiger partial charge in [-0.1, -0.05) is 82.7 Å². The summed E-state index contributed by atoms with van der Waals surface area (Å²) >= 11 is 5.78. The van der Waals surface area contributed by atoms with Crippen LogP contribution in [0.1, 0.15) is 84.0 Å². The monoisotopic (exact) mass is 410 g/mol. The van der Waals surface area contributed by atoms with Gasteiger partial charge in [-0.3, -0.25) is 20.4 Å². The number of hydrazine groups is 1. The van der Waals surface area contributed by atoms with E-state index in [0.717, 1.165) is 12.8 Å². The topological polar surface area (TPSA) is 67.4 Å². The molecule has 0 aromatic heterocycles. The number of halogens is 1. The van der Waals surface area contributed by atoms with Gasteiger partial charge in [0.25, 0.3) is 5.91 Å². The predicted molar refractivity (Wildman–Crippen MR) is 114 cm³/mol. The van der Waals surface area contributed by atoms with Crippen LogP contribution in [-0.4, -0.2) is 18.4 Å². The van der Waals surface area contributed by atoms with Crippen molar-refractivity contribution >= 4 is 23.4 Å². The number of rotatable bonds is 15. The van der Waals surface area contributed by atoms with Crippen molar-refractivity contribution < 1.29 is 14.3 Å². The summed E-state index contributed by atoms with van der Waals surface area (Å²) in [6, 6.07) is 6.73. The van der Waals surface area contributed by atoms with Gasteiger partial charge in [0, 0.05) is 11.4 Å². The Morgan fingerprint density at radius 2 is 1.29 bits per heavy atom. The fraction of sp³-hybridized carbons (Fsp3) is 0.636. The number of carbonyl (C=O) groups is 2. The van der Waals surface area contributed by atoms with E-state index in [0.29, 0.717) is 17.2 Å². The summed E-state index contributed by atoms with van der Waals surface area (Å²) in [7, 11) is 0. The molecule has 6 heteroatoms. The maximum Gasteiger partial charge on any atom is 0.276 e. The highest BCUT2D eigenvalue weighted by molar-refractivity contribution is 6.30. The summed E-state index contributed by atoms with van der Waals surface area (Å²) in [5.74, 6) is -0.0233. The van der Waals surface area contributed by atoms with Crippen molar-refractivity contribution in [2.24, 2.45) is 0 Å². The largest absolute Gasteiger partial charge is 0.484 e. The van der Waals surface area contributed by atoms with Gasteiger partial charge in [0.05, 0.1) is 0 Å². The minimum Gasteiger partial charge on any atom is -0.484 e. The Kier molecular flexibility index (Phi) is 14.1. The van der Waals surface area contributed by atoms with E-state index in [9.17, 15) is 9.59 Å². The Morgan fingerprint density at radius 3 is 1.86 bits per heavy atom. The van der Waals surface area contributed by atoms with Crippen LogP contribution in [0, 0.1) is 0 Å². The van der Waals surface area contributed by atoms with Gasteiger partial charge in [-0.05, 0) is 30.7 Å². The molecule has 0 aliphatic heterocycles. The summed E-state index contributed by atoms with van der Waals surface area (Å²) < 4.78 is 5.31. The number of amides is 2. The lowest BCUT2D eigenvalue weighted by Crippen LogP contribution is -2.43. The van der Waals surface area contributed by atoms with E-state index in [1.807, 2.05) is 0 Å². The van der Waals surface area contributed by atoms with E-state index in [-0.39, 0.29) is 12.5 Å². The van der Waals surface area contributed by atoms with Crippen molar-refractivity contribution in [2.45, 2.75) is 84.0 Å². The zero-order valence-corrected chi connectivity index (χ0v) is 17.9. The molecule has 5 nitrogen and oxygen atoms in total. The van der Waals surface area contributed by atoms with Crippen LogP contribution in [0.2, 0.25) is 5.02 Å². The molecule has 0 saturated heterocycles. The molecule has 0 saturated carbocycles. The van der Waals surface area contributed by atoms with Gasteiger partial charge >= 0.3 is 0 Å². The zero-order valence-electron chi connectivity index (χ0n) is 17.1. The average Bonchev–Trinajstić information content (AvgIpc) is 2.70. The first kappa shape index (κ1) is 24.3. The number of hydrogen-bond donors (Lipinski definition) is 2. The molecule has 158 valence electrons. The summed E-state index contributed by atoms with van der Waals surface area (Å²) in [4.78, 5) is 23.4. The van der Waals surface area contributed by atoms with Crippen molar-refractivity contribution in [2.75, 3.05) is 6.61 Å². The number of ether oxygens (including phenoxy) is 1. The van der Waals surface area contributed by atoms with Gasteiger partial charge in [0.1, 0.15) is 5.75 Å². The maximum atomic E-state index is 11.7. The van der Waals surface area contributed by atoms with E-state index in [2.05, 4.69) is 17.8 Å². The van der Waals surface area contributed by atoms with E-state index in [4.69, 9.17) is 16.3 Å². The minimum atomic E-state index is -0.401. The van der Waals surface area contributed by atoms with Gasteiger partial charge in [0.15, 0.2) is 6.61 Å². The Hall–Kier alpha value is -1.75. The summed E-state index contributed by atoms with van der Waals surface area (Å²) in [5.41, 5.74) is 4.79. The van der Waals surface area contributed by atoms with Crippen molar-refractivity contribution in [1.29, 1.82) is 0 Å². The van der Waals surface area contributed by atoms with Gasteiger partial charge in [-0.2, -0.15) is 0 Å². The van der Waals surface area contributed by atoms with Gasteiger partial charge < -0.3 is 4.74 Å². The molecule has 2 N–H and O–H groups in total. The average molecular weight is 411 g/mol. The molecule has 0 aliphatic rings. The number of carbonyl (C=O) groups excluding carboxylic acids is 2. The van der Waals surface area contributed by atoms with Crippen LogP contribution in [0.3, 0.4) is 0 Å². The highest BCUT2D eigenvalue weighted by atomic mass is 35.5. The standard InChI is InChI=1S/C22H35ClN2O3/c1-2-3-4-5-6-7-8-9-10-11-12-13-21(26)24-25-22(27)18-28-20-16-14-19(23)15-17-20/h14-17H,2-13,18H2,1H3,(H,24,26)(H,25,27). The number of hydrogen-bond acceptors (Lipinski definition) is 3. The van der Waals surface area contributed by atoms with Crippen LogP contribution in [0.5, 0.6) is 5.75 Å². The van der Waals surface area contributed by atoms with Crippen molar-refractivity contribution in [3.63, 3.8) is 0 Å². The minimum absolute atomic E-state index is 0.166. The molecule has 0 spiro atoms. The number of nitrogens with one attached hydrogen (secondary N) is 2. The van der Waals surface area contributed by atoms with Gasteiger partial charge in [-0.15, -0.1) is 0 Å². The Morgan fingerprint density at radius 1 is 0.786 bits per heavy atom. The first-order valence-electron chi connectivity index (χ1n) is 10.6. The summed E-state index contributed by atoms with van der Waals surface area (Å²) in [6.45, 7) is 2.08. The van der Waals surface area contributed by atoms with Crippen LogP contribution in [0.25, 0.3) is 0 Å². The van der Waals surface area contributed by atoms with Crippen molar-refractivity contribution in [3.05, 3.63) is 29.3 Å². The molecule has 0 bridgehead atoms. The number of benzene rings is 1. The Bertz CT molecular complexity index is 549. The first-order valence-corrected chi connectivity index (χ1v) is 11.0. The highest BCUT2D eigenvalue weighted by Crippen LogP contribution is 2.15. The SMILES string of the molecule is CCCCCCCCCCCCCC(=O)NNC(=O)COc1ccc(Cl)cc1. The molecular formula is C22H35ClN2O3. The summed E-state index contributed by atoms with van der Waals surface area (Å²) in [5, 5.41) is 0.603. The van der Waals surface area contributed by atoms with Crippen LogP contribution in [0.15, 0.2) is 24.3 Å². The molecule has 0 aliphatic carbocycles.